The zero-order valence-corrected chi connectivity index (χ0v) is 71.0. The summed E-state index contributed by atoms with van der Waals surface area (Å²) in [6, 6.07) is -1.58. The molecule has 12 nitrogen and oxygen atoms in total. The highest BCUT2D eigenvalue weighted by Crippen LogP contribution is 2.23. The number of amides is 2. The molecule has 0 bridgehead atoms. The average molecular weight is 1510 g/mol. The number of thioether (sulfide) groups is 2. The SMILES string of the molecule is CCCCCCCCCCCCCCCCC(O)CN(CCCCSC(=O)CCC1NC(=O)C(CCC(=O)SCCCCN(CC(O)CCCCCCCCCCCCCCCC)CC(O)CCCCCCCCCCCCCCCC)NC1=O)CC(O)CCCCCCCCCCCCCCCC. The van der Waals surface area contributed by atoms with E-state index in [1.807, 2.05) is 0 Å². The van der Waals surface area contributed by atoms with E-state index in [1.54, 1.807) is 0 Å². The van der Waals surface area contributed by atoms with Gasteiger partial charge in [-0.3, -0.25) is 29.0 Å². The maximum absolute atomic E-state index is 13.2. The van der Waals surface area contributed by atoms with E-state index in [1.165, 1.54) is 332 Å². The molecule has 1 saturated heterocycles. The number of unbranched alkanes of at least 4 members (excludes halogenated alkanes) is 54. The van der Waals surface area contributed by atoms with Crippen LogP contribution in [0.25, 0.3) is 0 Å². The lowest BCUT2D eigenvalue weighted by atomic mass is 10.0. The molecule has 0 aromatic carbocycles. The van der Waals surface area contributed by atoms with Gasteiger partial charge in [0.05, 0.1) is 24.4 Å². The van der Waals surface area contributed by atoms with Crippen LogP contribution in [0.2, 0.25) is 0 Å². The number of rotatable bonds is 84. The first-order valence-electron chi connectivity index (χ1n) is 46.0. The zero-order valence-electron chi connectivity index (χ0n) is 69.3. The van der Waals surface area contributed by atoms with E-state index >= 15 is 0 Å². The topological polar surface area (TPSA) is 180 Å². The normalized spacial score (nSPS) is 15.3. The summed E-state index contributed by atoms with van der Waals surface area (Å²) in [6.45, 7) is 12.9. The van der Waals surface area contributed by atoms with Crippen LogP contribution in [0.3, 0.4) is 0 Å². The van der Waals surface area contributed by atoms with Crippen molar-refractivity contribution in [3.05, 3.63) is 0 Å². The molecule has 616 valence electrons. The average Bonchev–Trinajstić information content (AvgIpc) is 0.844. The van der Waals surface area contributed by atoms with Gasteiger partial charge in [0.2, 0.25) is 11.8 Å². The minimum atomic E-state index is -0.788. The number of hydrogen-bond donors (Lipinski definition) is 6. The Bertz CT molecular complexity index is 1650. The molecule has 0 spiro atoms. The molecule has 0 saturated carbocycles. The Labute approximate surface area is 653 Å². The van der Waals surface area contributed by atoms with Gasteiger partial charge in [0, 0.05) is 50.5 Å². The van der Waals surface area contributed by atoms with Crippen LogP contribution in [0.1, 0.15) is 464 Å². The lowest BCUT2D eigenvalue weighted by molar-refractivity contribution is -0.137. The number of carbonyl (C=O) groups is 4. The van der Waals surface area contributed by atoms with Crippen molar-refractivity contribution < 1.29 is 39.6 Å². The molecule has 2 amide bonds. The summed E-state index contributed by atoms with van der Waals surface area (Å²) in [5.41, 5.74) is 0. The quantitative estimate of drug-likeness (QED) is 0.0318. The molecule has 1 fully saturated rings. The Morgan fingerprint density at radius 3 is 0.663 bits per heavy atom. The molecule has 6 unspecified atom stereocenters. The van der Waals surface area contributed by atoms with E-state index in [0.29, 0.717) is 37.7 Å². The number of aliphatic hydroxyl groups excluding tert-OH is 4. The number of nitrogens with zero attached hydrogens (tertiary/aromatic N) is 2. The Kier molecular flexibility index (Phi) is 76.0. The summed E-state index contributed by atoms with van der Waals surface area (Å²) >= 11 is 2.56. The lowest BCUT2D eigenvalue weighted by Gasteiger charge is -2.29. The predicted molar refractivity (Wildman–Crippen MR) is 452 cm³/mol. The third-order valence-electron chi connectivity index (χ3n) is 22.2. The van der Waals surface area contributed by atoms with Crippen molar-refractivity contribution in [3.63, 3.8) is 0 Å². The molecule has 1 aliphatic heterocycles. The second kappa shape index (κ2) is 78.4. The molecular formula is C90H176N4O8S2. The number of carbonyl (C=O) groups excluding carboxylic acids is 4. The first-order chi connectivity index (χ1) is 50.9. The molecule has 1 heterocycles. The van der Waals surface area contributed by atoms with Gasteiger partial charge in [-0.1, -0.05) is 411 Å². The maximum atomic E-state index is 13.2. The van der Waals surface area contributed by atoms with Crippen LogP contribution in [0.4, 0.5) is 0 Å². The monoisotopic (exact) mass is 1510 g/mol. The summed E-state index contributed by atoms with van der Waals surface area (Å²) in [5.74, 6) is 0.674. The fourth-order valence-electron chi connectivity index (χ4n) is 15.4. The molecule has 6 N–H and O–H groups in total. The van der Waals surface area contributed by atoms with Crippen molar-refractivity contribution in [2.75, 3.05) is 50.8 Å². The van der Waals surface area contributed by atoms with Crippen molar-refractivity contribution in [3.8, 4) is 0 Å². The first kappa shape index (κ1) is 101. The second-order valence-corrected chi connectivity index (χ2v) is 35.0. The van der Waals surface area contributed by atoms with Crippen molar-refractivity contribution in [1.29, 1.82) is 0 Å². The Balaban J connectivity index is 2.52. The van der Waals surface area contributed by atoms with Gasteiger partial charge >= 0.3 is 0 Å². The summed E-state index contributed by atoms with van der Waals surface area (Å²) in [4.78, 5) is 57.2. The van der Waals surface area contributed by atoms with Gasteiger partial charge in [-0.15, -0.1) is 0 Å². The number of hydrogen-bond acceptors (Lipinski definition) is 12. The van der Waals surface area contributed by atoms with Crippen LogP contribution in [-0.4, -0.2) is 140 Å². The van der Waals surface area contributed by atoms with Gasteiger partial charge < -0.3 is 31.1 Å². The fraction of sp³-hybridized carbons (Fsp3) is 0.956. The van der Waals surface area contributed by atoms with Gasteiger partial charge in [0.25, 0.3) is 0 Å². The molecule has 14 heteroatoms. The third kappa shape index (κ3) is 68.7. The summed E-state index contributed by atoms with van der Waals surface area (Å²) in [6.07, 6.45) is 79.1. The molecule has 1 rings (SSSR count). The van der Waals surface area contributed by atoms with Gasteiger partial charge in [-0.05, 0) is 77.3 Å². The van der Waals surface area contributed by atoms with E-state index in [9.17, 15) is 39.6 Å². The molecule has 1 aliphatic rings. The molecule has 0 aromatic heterocycles. The van der Waals surface area contributed by atoms with Gasteiger partial charge in [-0.2, -0.15) is 0 Å². The van der Waals surface area contributed by atoms with E-state index in [4.69, 9.17) is 0 Å². The summed E-state index contributed by atoms with van der Waals surface area (Å²) in [5, 5.41) is 50.5. The lowest BCUT2D eigenvalue weighted by Crippen LogP contribution is -2.61. The highest BCUT2D eigenvalue weighted by molar-refractivity contribution is 8.13. The van der Waals surface area contributed by atoms with Crippen LogP contribution in [-0.2, 0) is 19.2 Å². The number of aliphatic hydroxyl groups is 4. The largest absolute Gasteiger partial charge is 0.392 e. The van der Waals surface area contributed by atoms with Crippen LogP contribution < -0.4 is 10.6 Å². The van der Waals surface area contributed by atoms with Crippen molar-refractivity contribution >= 4 is 45.6 Å². The van der Waals surface area contributed by atoms with E-state index in [0.717, 1.165) is 116 Å². The highest BCUT2D eigenvalue weighted by Gasteiger charge is 2.34. The zero-order chi connectivity index (χ0) is 75.5. The van der Waals surface area contributed by atoms with Gasteiger partial charge in [0.1, 0.15) is 12.1 Å². The van der Waals surface area contributed by atoms with Gasteiger partial charge in [-0.25, -0.2) is 0 Å². The predicted octanol–water partition coefficient (Wildman–Crippen LogP) is 24.1. The first-order valence-corrected chi connectivity index (χ1v) is 48.0. The molecule has 104 heavy (non-hydrogen) atoms. The minimum absolute atomic E-state index is 0.00507. The molecular weight excluding hydrogens is 1330 g/mol. The van der Waals surface area contributed by atoms with Crippen molar-refractivity contribution in [2.45, 2.75) is 501 Å². The minimum Gasteiger partial charge on any atom is -0.392 e. The Hall–Kier alpha value is -1.26. The maximum Gasteiger partial charge on any atom is 0.243 e. The van der Waals surface area contributed by atoms with Crippen molar-refractivity contribution in [1.82, 2.24) is 20.4 Å². The standard InChI is InChI=1S/C90H176N4O8S2/c1-5-9-13-17-21-25-29-33-37-41-45-49-53-57-65-81(95)77-93(78-82(96)66-58-54-50-46-42-38-34-30-26-22-18-14-10-6-2)73-61-63-75-103-87(99)71-69-85-89(101)92-86(90(102)91-85)70-72-88(100)104-76-64-62-74-94(79-83(97)67-59-55-51-47-43-39-35-31-27-23-19-15-11-7-3)80-84(98)68-60-56-52-48-44-40-36-32-28-24-20-16-12-8-4/h81-86,95-98H,5-80H2,1-4H3,(H,91,102)(H,92,101). The third-order valence-corrected chi connectivity index (χ3v) is 24.3. The Morgan fingerprint density at radius 2 is 0.471 bits per heavy atom. The summed E-state index contributed by atoms with van der Waals surface area (Å²) in [7, 11) is 0. The smallest absolute Gasteiger partial charge is 0.243 e. The Morgan fingerprint density at radius 1 is 0.288 bits per heavy atom. The van der Waals surface area contributed by atoms with E-state index < -0.39 is 36.5 Å². The fourth-order valence-corrected chi connectivity index (χ4v) is 17.0. The molecule has 0 aliphatic carbocycles. The number of piperazine rings is 1. The van der Waals surface area contributed by atoms with Gasteiger partial charge in [0.15, 0.2) is 10.2 Å². The van der Waals surface area contributed by atoms with Crippen LogP contribution in [0, 0.1) is 0 Å². The van der Waals surface area contributed by atoms with Crippen LogP contribution >= 0.6 is 23.5 Å². The van der Waals surface area contributed by atoms with E-state index in [2.05, 4.69) is 48.1 Å². The number of nitrogens with one attached hydrogen (secondary N) is 2. The van der Waals surface area contributed by atoms with Crippen LogP contribution in [0.15, 0.2) is 0 Å². The summed E-state index contributed by atoms with van der Waals surface area (Å²) < 4.78 is 0. The molecule has 0 radical (unpaired) electrons. The molecule has 6 atom stereocenters. The molecule has 0 aromatic rings. The van der Waals surface area contributed by atoms with Crippen molar-refractivity contribution in [2.24, 2.45) is 0 Å². The second-order valence-electron chi connectivity index (χ2n) is 32.7. The highest BCUT2D eigenvalue weighted by atomic mass is 32.2. The van der Waals surface area contributed by atoms with Crippen LogP contribution in [0.5, 0.6) is 0 Å². The van der Waals surface area contributed by atoms with E-state index in [-0.39, 0.29) is 47.7 Å².